The van der Waals surface area contributed by atoms with Crippen molar-refractivity contribution >= 4 is 21.6 Å². The number of piperidine rings is 1. The van der Waals surface area contributed by atoms with E-state index in [2.05, 4.69) is 20.8 Å². The van der Waals surface area contributed by atoms with E-state index in [9.17, 15) is 13.2 Å². The van der Waals surface area contributed by atoms with Gasteiger partial charge >= 0.3 is 0 Å². The topological polar surface area (TPSA) is 110 Å². The molecule has 1 fully saturated rings. The van der Waals surface area contributed by atoms with E-state index in [1.807, 2.05) is 26.0 Å². The van der Waals surface area contributed by atoms with Crippen molar-refractivity contribution in [2.75, 3.05) is 24.2 Å². The summed E-state index contributed by atoms with van der Waals surface area (Å²) in [5, 5.41) is 14.0. The second kappa shape index (κ2) is 8.13. The van der Waals surface area contributed by atoms with Crippen molar-refractivity contribution in [2.45, 2.75) is 33.1 Å². The summed E-state index contributed by atoms with van der Waals surface area (Å²) in [5.74, 6) is -0.407. The zero-order valence-corrected chi connectivity index (χ0v) is 16.3. The first-order valence-corrected chi connectivity index (χ1v) is 10.6. The van der Waals surface area contributed by atoms with Gasteiger partial charge in [0.05, 0.1) is 17.4 Å². The van der Waals surface area contributed by atoms with Crippen LogP contribution in [0, 0.1) is 12.8 Å². The number of nitrogens with one attached hydrogen (secondary N) is 1. The van der Waals surface area contributed by atoms with Gasteiger partial charge in [0.15, 0.2) is 0 Å². The zero-order chi connectivity index (χ0) is 19.4. The third kappa shape index (κ3) is 4.51. The first-order chi connectivity index (χ1) is 12.9. The molecule has 0 spiro atoms. The standard InChI is InChI=1S/C17H24N6O3S/c1-3-9-27(25,26)22-8-4-5-14(11-22)17(24)19-15-7-6-13(2)16(10-15)23-12-18-20-21-23/h6-7,10,12,14H,3-5,8-9,11H2,1-2H3,(H,19,24). The summed E-state index contributed by atoms with van der Waals surface area (Å²) in [5.41, 5.74) is 2.37. The number of anilines is 1. The Hall–Kier alpha value is -2.33. The molecule has 1 aromatic carbocycles. The van der Waals surface area contributed by atoms with Crippen molar-refractivity contribution in [3.8, 4) is 5.69 Å². The van der Waals surface area contributed by atoms with Gasteiger partial charge in [0.25, 0.3) is 0 Å². The Kier molecular flexibility index (Phi) is 5.85. The van der Waals surface area contributed by atoms with Crippen molar-refractivity contribution < 1.29 is 13.2 Å². The summed E-state index contributed by atoms with van der Waals surface area (Å²) < 4.78 is 27.6. The molecule has 2 aromatic rings. The van der Waals surface area contributed by atoms with E-state index in [1.54, 1.807) is 6.07 Å². The smallest absolute Gasteiger partial charge is 0.228 e. The van der Waals surface area contributed by atoms with Crippen LogP contribution < -0.4 is 5.32 Å². The van der Waals surface area contributed by atoms with Crippen LogP contribution in [0.1, 0.15) is 31.7 Å². The molecule has 9 nitrogen and oxygen atoms in total. The minimum Gasteiger partial charge on any atom is -0.326 e. The van der Waals surface area contributed by atoms with E-state index in [0.29, 0.717) is 31.5 Å². The van der Waals surface area contributed by atoms with Crippen LogP contribution in [0.5, 0.6) is 0 Å². The van der Waals surface area contributed by atoms with Crippen LogP contribution in [0.25, 0.3) is 5.69 Å². The van der Waals surface area contributed by atoms with Gasteiger partial charge in [-0.15, -0.1) is 5.10 Å². The van der Waals surface area contributed by atoms with Gasteiger partial charge in [0.2, 0.25) is 15.9 Å². The lowest BCUT2D eigenvalue weighted by Gasteiger charge is -2.31. The third-order valence-electron chi connectivity index (χ3n) is 4.68. The molecule has 0 aliphatic carbocycles. The maximum atomic E-state index is 12.7. The number of hydrogen-bond donors (Lipinski definition) is 1. The number of carbonyl (C=O) groups is 1. The van der Waals surface area contributed by atoms with E-state index in [1.165, 1.54) is 15.3 Å². The number of aromatic nitrogens is 4. The van der Waals surface area contributed by atoms with Crippen LogP contribution in [0.3, 0.4) is 0 Å². The normalized spacial score (nSPS) is 18.4. The summed E-state index contributed by atoms with van der Waals surface area (Å²) >= 11 is 0. The van der Waals surface area contributed by atoms with Gasteiger partial charge in [0, 0.05) is 18.8 Å². The average molecular weight is 392 g/mol. The van der Waals surface area contributed by atoms with E-state index < -0.39 is 10.0 Å². The van der Waals surface area contributed by atoms with Crippen molar-refractivity contribution in [2.24, 2.45) is 5.92 Å². The van der Waals surface area contributed by atoms with E-state index >= 15 is 0 Å². The number of carbonyl (C=O) groups excluding carboxylic acids is 1. The van der Waals surface area contributed by atoms with Crippen molar-refractivity contribution in [1.82, 2.24) is 24.5 Å². The molecule has 1 aliphatic heterocycles. The highest BCUT2D eigenvalue weighted by Gasteiger charge is 2.31. The average Bonchev–Trinajstić information content (AvgIpc) is 3.18. The van der Waals surface area contributed by atoms with Crippen LogP contribution in [0.4, 0.5) is 5.69 Å². The van der Waals surface area contributed by atoms with Gasteiger partial charge in [-0.05, 0) is 54.3 Å². The number of nitrogens with zero attached hydrogens (tertiary/aromatic N) is 5. The van der Waals surface area contributed by atoms with Crippen molar-refractivity contribution in [3.05, 3.63) is 30.1 Å². The second-order valence-electron chi connectivity index (χ2n) is 6.76. The molecule has 1 aromatic heterocycles. The molecular weight excluding hydrogens is 368 g/mol. The number of rotatable bonds is 6. The first-order valence-electron chi connectivity index (χ1n) is 9.03. The van der Waals surface area contributed by atoms with E-state index in [4.69, 9.17) is 0 Å². The predicted octanol–water partition coefficient (Wildman–Crippen LogP) is 1.36. The van der Waals surface area contributed by atoms with Crippen molar-refractivity contribution in [3.63, 3.8) is 0 Å². The summed E-state index contributed by atoms with van der Waals surface area (Å²) in [4.78, 5) is 12.7. The second-order valence-corrected chi connectivity index (χ2v) is 8.85. The molecule has 10 heteroatoms. The predicted molar refractivity (Wildman–Crippen MR) is 101 cm³/mol. The SMILES string of the molecule is CCCS(=O)(=O)N1CCCC(C(=O)Nc2ccc(C)c(-n3cnnn3)c2)C1. The largest absolute Gasteiger partial charge is 0.326 e. The molecule has 1 atom stereocenters. The minimum absolute atomic E-state index is 0.120. The fourth-order valence-corrected chi connectivity index (χ4v) is 4.83. The lowest BCUT2D eigenvalue weighted by atomic mass is 9.98. The molecule has 1 unspecified atom stereocenters. The molecule has 1 N–H and O–H groups in total. The van der Waals surface area contributed by atoms with Gasteiger partial charge in [-0.2, -0.15) is 0 Å². The Labute approximate surface area is 158 Å². The molecule has 0 bridgehead atoms. The van der Waals surface area contributed by atoms with Gasteiger partial charge in [-0.25, -0.2) is 17.4 Å². The lowest BCUT2D eigenvalue weighted by Crippen LogP contribution is -2.44. The lowest BCUT2D eigenvalue weighted by molar-refractivity contribution is -0.120. The minimum atomic E-state index is -3.29. The molecule has 2 heterocycles. The Morgan fingerprint density at radius 3 is 2.89 bits per heavy atom. The summed E-state index contributed by atoms with van der Waals surface area (Å²) in [6.07, 6.45) is 3.42. The fraction of sp³-hybridized carbons (Fsp3) is 0.529. The quantitative estimate of drug-likeness (QED) is 0.795. The van der Waals surface area contributed by atoms with Crippen LogP contribution in [0.15, 0.2) is 24.5 Å². The van der Waals surface area contributed by atoms with E-state index in [0.717, 1.165) is 11.3 Å². The molecule has 0 radical (unpaired) electrons. The summed E-state index contributed by atoms with van der Waals surface area (Å²) in [6, 6.07) is 5.50. The molecule has 146 valence electrons. The van der Waals surface area contributed by atoms with Crippen LogP contribution in [-0.4, -0.2) is 57.7 Å². The number of sulfonamides is 1. The Morgan fingerprint density at radius 2 is 2.19 bits per heavy atom. The fourth-order valence-electron chi connectivity index (χ4n) is 3.25. The van der Waals surface area contributed by atoms with Crippen LogP contribution in [-0.2, 0) is 14.8 Å². The number of benzene rings is 1. The third-order valence-corrected chi connectivity index (χ3v) is 6.73. The number of hydrogen-bond acceptors (Lipinski definition) is 6. The Morgan fingerprint density at radius 1 is 1.37 bits per heavy atom. The summed E-state index contributed by atoms with van der Waals surface area (Å²) in [6.45, 7) is 4.49. The molecule has 27 heavy (non-hydrogen) atoms. The number of tetrazole rings is 1. The molecule has 1 amide bonds. The van der Waals surface area contributed by atoms with Gasteiger partial charge < -0.3 is 5.32 Å². The van der Waals surface area contributed by atoms with E-state index in [-0.39, 0.29) is 24.1 Å². The Bertz CT molecular complexity index is 897. The molecular formula is C17H24N6O3S. The van der Waals surface area contributed by atoms with Gasteiger partial charge in [-0.1, -0.05) is 13.0 Å². The Balaban J connectivity index is 1.71. The summed E-state index contributed by atoms with van der Waals surface area (Å²) in [7, 11) is -3.29. The maximum absolute atomic E-state index is 12.7. The van der Waals surface area contributed by atoms with Crippen LogP contribution >= 0.6 is 0 Å². The highest BCUT2D eigenvalue weighted by atomic mass is 32.2. The number of amides is 1. The maximum Gasteiger partial charge on any atom is 0.228 e. The molecule has 0 saturated carbocycles. The molecule has 1 saturated heterocycles. The van der Waals surface area contributed by atoms with Gasteiger partial charge in [0.1, 0.15) is 6.33 Å². The zero-order valence-electron chi connectivity index (χ0n) is 15.5. The number of aryl methyl sites for hydroxylation is 1. The highest BCUT2D eigenvalue weighted by molar-refractivity contribution is 7.89. The molecule has 3 rings (SSSR count). The first kappa shape index (κ1) is 19.4. The van der Waals surface area contributed by atoms with Gasteiger partial charge in [-0.3, -0.25) is 4.79 Å². The van der Waals surface area contributed by atoms with Crippen molar-refractivity contribution in [1.29, 1.82) is 0 Å². The van der Waals surface area contributed by atoms with Crippen LogP contribution in [0.2, 0.25) is 0 Å². The molecule has 1 aliphatic rings. The highest BCUT2D eigenvalue weighted by Crippen LogP contribution is 2.23. The monoisotopic (exact) mass is 392 g/mol.